The Morgan fingerprint density at radius 3 is 2.00 bits per heavy atom. The van der Waals surface area contributed by atoms with Crippen molar-refractivity contribution in [2.75, 3.05) is 6.61 Å². The second-order valence-corrected chi connectivity index (χ2v) is 7.18. The molecule has 3 aromatic rings. The molecule has 1 aliphatic carbocycles. The smallest absolute Gasteiger partial charge is 0.416 e. The maximum atomic E-state index is 13.3. The van der Waals surface area contributed by atoms with Crippen LogP contribution in [0, 0.1) is 5.92 Å². The molecule has 2 atom stereocenters. The molecule has 0 radical (unpaired) electrons. The van der Waals surface area contributed by atoms with Crippen LogP contribution in [-0.4, -0.2) is 16.7 Å². The number of alkyl halides is 6. The first-order valence-corrected chi connectivity index (χ1v) is 9.05. The quantitative estimate of drug-likeness (QED) is 0.509. The third-order valence-electron chi connectivity index (χ3n) is 5.02. The van der Waals surface area contributed by atoms with Crippen molar-refractivity contribution in [3.8, 4) is 22.6 Å². The highest BCUT2D eigenvalue weighted by atomic mass is 19.4. The van der Waals surface area contributed by atoms with Gasteiger partial charge in [0, 0.05) is 23.7 Å². The normalized spacial score (nSPS) is 19.2. The monoisotopic (exact) mass is 427 g/mol. The standard InChI is InChI=1S/C21H15F6NO2/c22-20(23,24)14-6-12(7-15(9-14)21(25,26)27)18-17(11-4-2-1-3-5-11)28-19(30-18)16-8-13(16)10-29/h1-7,9,13,16,29H,8,10H2/t13-,16+/m0/s1. The van der Waals surface area contributed by atoms with Gasteiger partial charge in [0.1, 0.15) is 5.69 Å². The van der Waals surface area contributed by atoms with E-state index in [-0.39, 0.29) is 47.4 Å². The van der Waals surface area contributed by atoms with Crippen LogP contribution in [0.1, 0.15) is 29.4 Å². The first-order chi connectivity index (χ1) is 14.1. The average molecular weight is 427 g/mol. The molecule has 4 rings (SSSR count). The number of oxazole rings is 1. The Morgan fingerprint density at radius 1 is 0.900 bits per heavy atom. The number of aliphatic hydroxyl groups excluding tert-OH is 1. The van der Waals surface area contributed by atoms with Gasteiger partial charge in [0.25, 0.3) is 0 Å². The highest BCUT2D eigenvalue weighted by Crippen LogP contribution is 2.49. The lowest BCUT2D eigenvalue weighted by Crippen LogP contribution is -2.11. The van der Waals surface area contributed by atoms with E-state index in [9.17, 15) is 31.4 Å². The zero-order valence-electron chi connectivity index (χ0n) is 15.3. The van der Waals surface area contributed by atoms with Gasteiger partial charge in [-0.25, -0.2) is 4.98 Å². The van der Waals surface area contributed by atoms with Gasteiger partial charge < -0.3 is 9.52 Å². The molecule has 1 heterocycles. The summed E-state index contributed by atoms with van der Waals surface area (Å²) in [5.74, 6) is -0.295. The zero-order valence-corrected chi connectivity index (χ0v) is 15.3. The topological polar surface area (TPSA) is 46.3 Å². The van der Waals surface area contributed by atoms with Crippen molar-refractivity contribution >= 4 is 0 Å². The highest BCUT2D eigenvalue weighted by molar-refractivity contribution is 5.77. The van der Waals surface area contributed by atoms with E-state index in [1.807, 2.05) is 0 Å². The van der Waals surface area contributed by atoms with E-state index in [4.69, 9.17) is 4.42 Å². The van der Waals surface area contributed by atoms with Crippen LogP contribution in [0.4, 0.5) is 26.3 Å². The minimum atomic E-state index is -4.97. The molecule has 1 aromatic heterocycles. The van der Waals surface area contributed by atoms with Gasteiger partial charge in [-0.2, -0.15) is 26.3 Å². The lowest BCUT2D eigenvalue weighted by molar-refractivity contribution is -0.143. The summed E-state index contributed by atoms with van der Waals surface area (Å²) in [5.41, 5.74) is -2.57. The molecular formula is C21H15F6NO2. The average Bonchev–Trinajstić information content (AvgIpc) is 3.36. The Morgan fingerprint density at radius 2 is 1.50 bits per heavy atom. The van der Waals surface area contributed by atoms with E-state index < -0.39 is 23.5 Å². The lowest BCUT2D eigenvalue weighted by atomic mass is 10.0. The van der Waals surface area contributed by atoms with Crippen LogP contribution >= 0.6 is 0 Å². The summed E-state index contributed by atoms with van der Waals surface area (Å²) < 4.78 is 85.3. The van der Waals surface area contributed by atoms with Gasteiger partial charge in [0.2, 0.25) is 0 Å². The molecule has 1 N–H and O–H groups in total. The summed E-state index contributed by atoms with van der Waals surface area (Å²) in [7, 11) is 0. The summed E-state index contributed by atoms with van der Waals surface area (Å²) >= 11 is 0. The Hall–Kier alpha value is -2.81. The number of benzene rings is 2. The van der Waals surface area contributed by atoms with Crippen LogP contribution in [0.25, 0.3) is 22.6 Å². The molecule has 0 spiro atoms. The SMILES string of the molecule is OC[C@@H]1C[C@H]1c1nc(-c2ccccc2)c(-c2cc(C(F)(F)F)cc(C(F)(F)F)c2)o1. The van der Waals surface area contributed by atoms with Gasteiger partial charge in [0.05, 0.1) is 11.1 Å². The maximum absolute atomic E-state index is 13.3. The van der Waals surface area contributed by atoms with Crippen LogP contribution in [0.15, 0.2) is 52.9 Å². The first-order valence-electron chi connectivity index (χ1n) is 9.05. The molecule has 0 unspecified atom stereocenters. The fourth-order valence-electron chi connectivity index (χ4n) is 3.32. The number of rotatable bonds is 4. The van der Waals surface area contributed by atoms with Crippen LogP contribution in [0.2, 0.25) is 0 Å². The van der Waals surface area contributed by atoms with Crippen molar-refractivity contribution in [2.24, 2.45) is 5.92 Å². The zero-order chi connectivity index (χ0) is 21.7. The van der Waals surface area contributed by atoms with E-state index in [2.05, 4.69) is 4.98 Å². The lowest BCUT2D eigenvalue weighted by Gasteiger charge is -2.13. The van der Waals surface area contributed by atoms with E-state index >= 15 is 0 Å². The van der Waals surface area contributed by atoms with Crippen molar-refractivity contribution in [1.82, 2.24) is 4.98 Å². The molecule has 3 nitrogen and oxygen atoms in total. The fourth-order valence-corrected chi connectivity index (χ4v) is 3.32. The van der Waals surface area contributed by atoms with Gasteiger partial charge in [-0.15, -0.1) is 0 Å². The summed E-state index contributed by atoms with van der Waals surface area (Å²) in [4.78, 5) is 4.36. The fraction of sp³-hybridized carbons (Fsp3) is 0.286. The summed E-state index contributed by atoms with van der Waals surface area (Å²) in [6, 6.07) is 9.68. The van der Waals surface area contributed by atoms with Gasteiger partial charge in [0.15, 0.2) is 11.7 Å². The van der Waals surface area contributed by atoms with Crippen LogP contribution < -0.4 is 0 Å². The van der Waals surface area contributed by atoms with E-state index in [0.717, 1.165) is 0 Å². The van der Waals surface area contributed by atoms with E-state index in [1.54, 1.807) is 30.3 Å². The molecule has 1 fully saturated rings. The molecule has 158 valence electrons. The highest BCUT2D eigenvalue weighted by Gasteiger charge is 2.43. The third-order valence-corrected chi connectivity index (χ3v) is 5.02. The van der Waals surface area contributed by atoms with Crippen molar-refractivity contribution < 1.29 is 35.9 Å². The third kappa shape index (κ3) is 3.94. The second-order valence-electron chi connectivity index (χ2n) is 7.18. The first kappa shape index (κ1) is 20.5. The van der Waals surface area contributed by atoms with Crippen LogP contribution in [0.5, 0.6) is 0 Å². The van der Waals surface area contributed by atoms with E-state index in [0.29, 0.717) is 24.1 Å². The molecule has 2 aromatic carbocycles. The van der Waals surface area contributed by atoms with Crippen LogP contribution in [-0.2, 0) is 12.4 Å². The minimum Gasteiger partial charge on any atom is -0.440 e. The van der Waals surface area contributed by atoms with Gasteiger partial charge in [-0.3, -0.25) is 0 Å². The summed E-state index contributed by atoms with van der Waals surface area (Å²) in [6.07, 6.45) is -9.35. The number of hydrogen-bond donors (Lipinski definition) is 1. The number of nitrogens with zero attached hydrogens (tertiary/aromatic N) is 1. The van der Waals surface area contributed by atoms with Crippen molar-refractivity contribution in [1.29, 1.82) is 0 Å². The minimum absolute atomic E-state index is 0.0751. The van der Waals surface area contributed by atoms with Crippen molar-refractivity contribution in [3.63, 3.8) is 0 Å². The number of aliphatic hydroxyl groups is 1. The number of halogens is 6. The number of aromatic nitrogens is 1. The predicted octanol–water partition coefficient (Wildman–Crippen LogP) is 6.14. The van der Waals surface area contributed by atoms with E-state index in [1.165, 1.54) is 0 Å². The Bertz CT molecular complexity index is 1020. The van der Waals surface area contributed by atoms with Crippen molar-refractivity contribution in [2.45, 2.75) is 24.7 Å². The Balaban J connectivity index is 1.91. The largest absolute Gasteiger partial charge is 0.440 e. The van der Waals surface area contributed by atoms with Crippen molar-refractivity contribution in [3.05, 3.63) is 65.5 Å². The number of hydrogen-bond acceptors (Lipinski definition) is 3. The molecule has 0 amide bonds. The predicted molar refractivity (Wildman–Crippen MR) is 95.3 cm³/mol. The molecule has 9 heteroatoms. The van der Waals surface area contributed by atoms with Crippen LogP contribution in [0.3, 0.4) is 0 Å². The molecule has 1 aliphatic rings. The Labute approximate surface area is 167 Å². The van der Waals surface area contributed by atoms with Gasteiger partial charge >= 0.3 is 12.4 Å². The van der Waals surface area contributed by atoms with Gasteiger partial charge in [-0.1, -0.05) is 30.3 Å². The molecule has 0 aliphatic heterocycles. The second kappa shape index (κ2) is 7.16. The molecule has 0 bridgehead atoms. The summed E-state index contributed by atoms with van der Waals surface area (Å²) in [5, 5.41) is 9.28. The maximum Gasteiger partial charge on any atom is 0.416 e. The Kier molecular flexibility index (Phi) is 4.88. The van der Waals surface area contributed by atoms with Gasteiger partial charge in [-0.05, 0) is 30.5 Å². The molecule has 30 heavy (non-hydrogen) atoms. The molecule has 0 saturated heterocycles. The summed E-state index contributed by atoms with van der Waals surface area (Å²) in [6.45, 7) is -0.106. The molecular weight excluding hydrogens is 412 g/mol. The molecule has 1 saturated carbocycles.